The summed E-state index contributed by atoms with van der Waals surface area (Å²) in [6.07, 6.45) is 5.94. The van der Waals surface area contributed by atoms with Gasteiger partial charge in [0.05, 0.1) is 0 Å². The second kappa shape index (κ2) is 8.54. The number of hydrogen-bond donors (Lipinski definition) is 1. The fraction of sp³-hybridized carbons (Fsp3) is 0.500. The minimum atomic E-state index is 0.216. The average Bonchev–Trinajstić information content (AvgIpc) is 3.45. The smallest absolute Gasteiger partial charge is 0.223 e. The van der Waals surface area contributed by atoms with E-state index >= 15 is 0 Å². The molecule has 1 aliphatic carbocycles. The number of carbonyl (C=O) groups is 1. The summed E-state index contributed by atoms with van der Waals surface area (Å²) in [5, 5.41) is 3.13. The van der Waals surface area contributed by atoms with Gasteiger partial charge in [-0.2, -0.15) is 0 Å². The van der Waals surface area contributed by atoms with E-state index in [0.717, 1.165) is 51.0 Å². The number of hydrogen-bond acceptors (Lipinski definition) is 4. The molecular formula is C24H32N4O. The molecule has 2 aromatic rings. The highest BCUT2D eigenvalue weighted by molar-refractivity contribution is 5.82. The Kier molecular flexibility index (Phi) is 5.86. The van der Waals surface area contributed by atoms with Gasteiger partial charge < -0.3 is 10.2 Å². The summed E-state index contributed by atoms with van der Waals surface area (Å²) in [5.41, 5.74) is 3.90. The molecule has 1 saturated heterocycles. The topological polar surface area (TPSA) is 48.5 Å². The van der Waals surface area contributed by atoms with Crippen molar-refractivity contribution < 1.29 is 4.79 Å². The summed E-state index contributed by atoms with van der Waals surface area (Å²) in [4.78, 5) is 21.6. The van der Waals surface area contributed by atoms with Crippen LogP contribution in [0.4, 0.5) is 5.69 Å². The molecule has 2 aliphatic rings. The van der Waals surface area contributed by atoms with Crippen molar-refractivity contribution in [3.63, 3.8) is 0 Å². The van der Waals surface area contributed by atoms with Gasteiger partial charge in [-0.15, -0.1) is 0 Å². The highest BCUT2D eigenvalue weighted by Gasteiger charge is 2.58. The van der Waals surface area contributed by atoms with Gasteiger partial charge in [-0.3, -0.25) is 14.7 Å². The monoisotopic (exact) mass is 392 g/mol. The zero-order valence-electron chi connectivity index (χ0n) is 17.6. The van der Waals surface area contributed by atoms with Gasteiger partial charge in [0.1, 0.15) is 0 Å². The lowest BCUT2D eigenvalue weighted by Gasteiger charge is -2.33. The first-order valence-corrected chi connectivity index (χ1v) is 10.7. The van der Waals surface area contributed by atoms with Gasteiger partial charge in [-0.1, -0.05) is 18.2 Å². The molecule has 0 bridgehead atoms. The number of likely N-dealkylation sites (tertiary alicyclic amines) is 1. The first kappa shape index (κ1) is 19.9. The van der Waals surface area contributed by atoms with E-state index in [1.54, 1.807) is 6.20 Å². The largest absolute Gasteiger partial charge is 0.378 e. The van der Waals surface area contributed by atoms with E-state index in [9.17, 15) is 4.79 Å². The van der Waals surface area contributed by atoms with E-state index in [1.807, 2.05) is 18.2 Å². The Morgan fingerprint density at radius 3 is 2.59 bits per heavy atom. The molecule has 1 atom stereocenters. The van der Waals surface area contributed by atoms with Crippen molar-refractivity contribution in [2.75, 3.05) is 38.6 Å². The van der Waals surface area contributed by atoms with E-state index in [0.29, 0.717) is 6.54 Å². The lowest BCUT2D eigenvalue weighted by molar-refractivity contribution is -0.123. The molecule has 1 saturated carbocycles. The van der Waals surface area contributed by atoms with Crippen LogP contribution >= 0.6 is 0 Å². The zero-order valence-corrected chi connectivity index (χ0v) is 17.6. The van der Waals surface area contributed by atoms with Crippen molar-refractivity contribution in [1.29, 1.82) is 0 Å². The van der Waals surface area contributed by atoms with Crippen molar-refractivity contribution in [2.45, 2.75) is 32.2 Å². The molecule has 1 spiro atoms. The number of nitrogens with zero attached hydrogens (tertiary/aromatic N) is 3. The SMILES string of the molecule is CN(C)c1ccc(CN2CCC3(CC2)CC3C(=O)NCCc2ccccn2)cc1. The summed E-state index contributed by atoms with van der Waals surface area (Å²) in [6, 6.07) is 14.8. The molecule has 1 aromatic carbocycles. The Hall–Kier alpha value is -2.40. The van der Waals surface area contributed by atoms with Crippen LogP contribution in [0.2, 0.25) is 0 Å². The molecule has 5 nitrogen and oxygen atoms in total. The standard InChI is InChI=1S/C24H32N4O/c1-27(2)21-8-6-19(7-9-21)18-28-15-11-24(12-16-28)17-22(24)23(29)26-14-10-20-5-3-4-13-25-20/h3-9,13,22H,10-12,14-18H2,1-2H3,(H,26,29). The molecule has 1 unspecified atom stereocenters. The van der Waals surface area contributed by atoms with Crippen LogP contribution in [0.1, 0.15) is 30.5 Å². The van der Waals surface area contributed by atoms with E-state index < -0.39 is 0 Å². The van der Waals surface area contributed by atoms with Crippen molar-refractivity contribution in [3.05, 3.63) is 59.9 Å². The van der Waals surface area contributed by atoms with Crippen LogP contribution in [-0.2, 0) is 17.8 Å². The van der Waals surface area contributed by atoms with E-state index in [4.69, 9.17) is 0 Å². The van der Waals surface area contributed by atoms with E-state index in [-0.39, 0.29) is 17.2 Å². The Balaban J connectivity index is 1.20. The molecular weight excluding hydrogens is 360 g/mol. The van der Waals surface area contributed by atoms with Crippen LogP contribution in [0.25, 0.3) is 0 Å². The summed E-state index contributed by atoms with van der Waals surface area (Å²) < 4.78 is 0. The van der Waals surface area contributed by atoms with Gasteiger partial charge in [0.15, 0.2) is 0 Å². The van der Waals surface area contributed by atoms with Crippen LogP contribution in [0, 0.1) is 11.3 Å². The highest BCUT2D eigenvalue weighted by Crippen LogP contribution is 2.59. The van der Waals surface area contributed by atoms with Crippen LogP contribution in [0.15, 0.2) is 48.7 Å². The number of piperidine rings is 1. The fourth-order valence-corrected chi connectivity index (χ4v) is 4.57. The number of pyridine rings is 1. The van der Waals surface area contributed by atoms with Crippen molar-refractivity contribution in [1.82, 2.24) is 15.2 Å². The van der Waals surface area contributed by atoms with Crippen LogP contribution in [-0.4, -0.2) is 49.5 Å². The van der Waals surface area contributed by atoms with E-state index in [2.05, 4.69) is 58.5 Å². The predicted molar refractivity (Wildman–Crippen MR) is 117 cm³/mol. The average molecular weight is 393 g/mol. The first-order valence-electron chi connectivity index (χ1n) is 10.7. The third kappa shape index (κ3) is 4.78. The second-order valence-electron chi connectivity index (χ2n) is 8.82. The molecule has 2 heterocycles. The molecule has 2 fully saturated rings. The molecule has 5 heteroatoms. The Morgan fingerprint density at radius 1 is 1.17 bits per heavy atom. The van der Waals surface area contributed by atoms with Crippen molar-refractivity contribution in [2.24, 2.45) is 11.3 Å². The summed E-state index contributed by atoms with van der Waals surface area (Å²) >= 11 is 0. The Morgan fingerprint density at radius 2 is 1.93 bits per heavy atom. The van der Waals surface area contributed by atoms with Crippen LogP contribution in [0.5, 0.6) is 0 Å². The van der Waals surface area contributed by atoms with Gasteiger partial charge in [-0.25, -0.2) is 0 Å². The quantitative estimate of drug-likeness (QED) is 0.787. The Labute approximate surface area is 174 Å². The number of nitrogens with one attached hydrogen (secondary N) is 1. The number of rotatable bonds is 7. The first-order chi connectivity index (χ1) is 14.1. The summed E-state index contributed by atoms with van der Waals surface area (Å²) in [5.74, 6) is 0.460. The number of anilines is 1. The van der Waals surface area contributed by atoms with E-state index in [1.165, 1.54) is 11.3 Å². The minimum Gasteiger partial charge on any atom is -0.378 e. The molecule has 29 heavy (non-hydrogen) atoms. The molecule has 154 valence electrons. The predicted octanol–water partition coefficient (Wildman–Crippen LogP) is 3.11. The maximum Gasteiger partial charge on any atom is 0.223 e. The third-order valence-electron chi connectivity index (χ3n) is 6.62. The molecule has 0 radical (unpaired) electrons. The maximum atomic E-state index is 12.6. The van der Waals surface area contributed by atoms with Gasteiger partial charge in [0, 0.05) is 57.1 Å². The van der Waals surface area contributed by atoms with Crippen LogP contribution in [0.3, 0.4) is 0 Å². The number of carbonyl (C=O) groups excluding carboxylic acids is 1. The highest BCUT2D eigenvalue weighted by atomic mass is 16.2. The number of aromatic nitrogens is 1. The lowest BCUT2D eigenvalue weighted by Crippen LogP contribution is -2.37. The van der Waals surface area contributed by atoms with Gasteiger partial charge in [0.2, 0.25) is 5.91 Å². The molecule has 1 aromatic heterocycles. The van der Waals surface area contributed by atoms with Gasteiger partial charge in [-0.05, 0) is 67.6 Å². The maximum absolute atomic E-state index is 12.6. The van der Waals surface area contributed by atoms with Crippen molar-refractivity contribution >= 4 is 11.6 Å². The number of benzene rings is 1. The Bertz CT molecular complexity index is 811. The molecule has 1 N–H and O–H groups in total. The summed E-state index contributed by atoms with van der Waals surface area (Å²) in [7, 11) is 4.14. The van der Waals surface area contributed by atoms with Crippen molar-refractivity contribution in [3.8, 4) is 0 Å². The van der Waals surface area contributed by atoms with Gasteiger partial charge >= 0.3 is 0 Å². The normalized spacial score (nSPS) is 20.4. The molecule has 1 aliphatic heterocycles. The summed E-state index contributed by atoms with van der Waals surface area (Å²) in [6.45, 7) is 3.86. The zero-order chi connectivity index (χ0) is 20.3. The fourth-order valence-electron chi connectivity index (χ4n) is 4.57. The third-order valence-corrected chi connectivity index (χ3v) is 6.62. The number of amides is 1. The van der Waals surface area contributed by atoms with Crippen LogP contribution < -0.4 is 10.2 Å². The minimum absolute atomic E-state index is 0.216. The molecule has 1 amide bonds. The lowest BCUT2D eigenvalue weighted by atomic mass is 9.90. The molecule has 4 rings (SSSR count). The second-order valence-corrected chi connectivity index (χ2v) is 8.82. The van der Waals surface area contributed by atoms with Gasteiger partial charge in [0.25, 0.3) is 0 Å².